The third-order valence-corrected chi connectivity index (χ3v) is 5.33. The van der Waals surface area contributed by atoms with Crippen molar-refractivity contribution < 1.29 is 14.3 Å². The lowest BCUT2D eigenvalue weighted by molar-refractivity contribution is -0.139. The van der Waals surface area contributed by atoms with Gasteiger partial charge < -0.3 is 4.74 Å². The van der Waals surface area contributed by atoms with Crippen molar-refractivity contribution in [1.29, 1.82) is 0 Å². The SMILES string of the molecule is Cl.O=C1C2C3C=CC(C3)C2C(=O)N1CC#CCN1CCOCC1. The fourth-order valence-corrected chi connectivity index (χ4v) is 4.18. The van der Waals surface area contributed by atoms with Crippen LogP contribution in [0.4, 0.5) is 0 Å². The summed E-state index contributed by atoms with van der Waals surface area (Å²) in [6.45, 7) is 4.23. The number of nitrogens with zero attached hydrogens (tertiary/aromatic N) is 2. The van der Waals surface area contributed by atoms with Gasteiger partial charge in [-0.05, 0) is 18.3 Å². The number of likely N-dealkylation sites (tertiary alicyclic amines) is 1. The predicted octanol–water partition coefficient (Wildman–Crippen LogP) is 0.551. The fourth-order valence-electron chi connectivity index (χ4n) is 4.18. The van der Waals surface area contributed by atoms with Crippen LogP contribution in [0.2, 0.25) is 0 Å². The van der Waals surface area contributed by atoms with E-state index < -0.39 is 0 Å². The number of allylic oxidation sites excluding steroid dienone is 2. The van der Waals surface area contributed by atoms with Gasteiger partial charge in [-0.2, -0.15) is 0 Å². The Hall–Kier alpha value is -1.35. The Balaban J connectivity index is 0.00000156. The molecule has 2 bridgehead atoms. The van der Waals surface area contributed by atoms with Crippen molar-refractivity contribution in [1.82, 2.24) is 9.80 Å². The topological polar surface area (TPSA) is 49.9 Å². The van der Waals surface area contributed by atoms with Gasteiger partial charge in [0.15, 0.2) is 0 Å². The monoisotopic (exact) mass is 336 g/mol. The molecular formula is C17H21ClN2O3. The number of carbonyl (C=O) groups is 2. The summed E-state index contributed by atoms with van der Waals surface area (Å²) < 4.78 is 5.29. The lowest BCUT2D eigenvalue weighted by atomic mass is 9.85. The van der Waals surface area contributed by atoms with Crippen molar-refractivity contribution in [2.24, 2.45) is 23.7 Å². The molecule has 2 aliphatic heterocycles. The van der Waals surface area contributed by atoms with E-state index >= 15 is 0 Å². The molecule has 0 aromatic carbocycles. The first-order valence-electron chi connectivity index (χ1n) is 8.05. The Labute approximate surface area is 142 Å². The highest BCUT2D eigenvalue weighted by atomic mass is 35.5. The minimum atomic E-state index is -0.108. The molecule has 124 valence electrons. The molecule has 2 aliphatic carbocycles. The molecule has 3 fully saturated rings. The summed E-state index contributed by atoms with van der Waals surface area (Å²) in [6.07, 6.45) is 5.21. The highest BCUT2D eigenvalue weighted by Gasteiger charge is 2.58. The van der Waals surface area contributed by atoms with Gasteiger partial charge in [-0.3, -0.25) is 19.4 Å². The number of morpholine rings is 1. The first-order valence-corrected chi connectivity index (χ1v) is 8.05. The summed E-state index contributed by atoms with van der Waals surface area (Å²) in [6, 6.07) is 0. The second-order valence-corrected chi connectivity index (χ2v) is 6.50. The molecule has 4 rings (SSSR count). The van der Waals surface area contributed by atoms with Crippen LogP contribution in [0, 0.1) is 35.5 Å². The molecule has 4 aliphatic rings. The minimum Gasteiger partial charge on any atom is -0.379 e. The largest absolute Gasteiger partial charge is 0.379 e. The van der Waals surface area contributed by atoms with Crippen molar-refractivity contribution in [2.75, 3.05) is 39.4 Å². The highest BCUT2D eigenvalue weighted by Crippen LogP contribution is 2.52. The number of imide groups is 1. The maximum absolute atomic E-state index is 12.5. The predicted molar refractivity (Wildman–Crippen MR) is 86.7 cm³/mol. The van der Waals surface area contributed by atoms with Crippen LogP contribution in [0.3, 0.4) is 0 Å². The van der Waals surface area contributed by atoms with E-state index in [-0.39, 0.29) is 54.4 Å². The van der Waals surface area contributed by atoms with E-state index in [9.17, 15) is 9.59 Å². The van der Waals surface area contributed by atoms with Crippen molar-refractivity contribution >= 4 is 24.2 Å². The van der Waals surface area contributed by atoms with Crippen LogP contribution in [-0.4, -0.2) is 61.0 Å². The molecule has 2 saturated heterocycles. The van der Waals surface area contributed by atoms with Gasteiger partial charge >= 0.3 is 0 Å². The average Bonchev–Trinajstić information content (AvgIpc) is 3.21. The Morgan fingerprint density at radius 3 is 2.17 bits per heavy atom. The third-order valence-electron chi connectivity index (χ3n) is 5.33. The lowest BCUT2D eigenvalue weighted by Gasteiger charge is -2.24. The Morgan fingerprint density at radius 2 is 1.57 bits per heavy atom. The average molecular weight is 337 g/mol. The zero-order valence-corrected chi connectivity index (χ0v) is 13.8. The number of ether oxygens (including phenoxy) is 1. The van der Waals surface area contributed by atoms with Gasteiger partial charge in [0.05, 0.1) is 38.1 Å². The van der Waals surface area contributed by atoms with Gasteiger partial charge in [-0.15, -0.1) is 12.4 Å². The van der Waals surface area contributed by atoms with Crippen LogP contribution >= 0.6 is 12.4 Å². The van der Waals surface area contributed by atoms with E-state index in [0.29, 0.717) is 6.54 Å². The quantitative estimate of drug-likeness (QED) is 0.420. The molecule has 2 heterocycles. The van der Waals surface area contributed by atoms with E-state index in [1.165, 1.54) is 4.90 Å². The number of amides is 2. The summed E-state index contributed by atoms with van der Waals surface area (Å²) in [5, 5.41) is 0. The summed E-state index contributed by atoms with van der Waals surface area (Å²) in [5.74, 6) is 6.41. The first kappa shape index (κ1) is 16.5. The highest BCUT2D eigenvalue weighted by molar-refractivity contribution is 6.06. The molecule has 0 N–H and O–H groups in total. The maximum Gasteiger partial charge on any atom is 0.234 e. The normalized spacial score (nSPS) is 35.0. The zero-order valence-electron chi connectivity index (χ0n) is 12.9. The summed E-state index contributed by atoms with van der Waals surface area (Å²) in [7, 11) is 0. The molecule has 6 heteroatoms. The van der Waals surface area contributed by atoms with Gasteiger partial charge in [0.25, 0.3) is 0 Å². The van der Waals surface area contributed by atoms with E-state index in [1.807, 2.05) is 0 Å². The fraction of sp³-hybridized carbons (Fsp3) is 0.647. The minimum absolute atomic E-state index is 0. The van der Waals surface area contributed by atoms with Crippen LogP contribution in [-0.2, 0) is 14.3 Å². The van der Waals surface area contributed by atoms with E-state index in [0.717, 1.165) is 32.7 Å². The number of hydrogen-bond acceptors (Lipinski definition) is 4. The molecule has 2 amide bonds. The van der Waals surface area contributed by atoms with Gasteiger partial charge in [0, 0.05) is 13.1 Å². The van der Waals surface area contributed by atoms with Gasteiger partial charge in [-0.1, -0.05) is 24.0 Å². The summed E-state index contributed by atoms with van der Waals surface area (Å²) >= 11 is 0. The van der Waals surface area contributed by atoms with E-state index in [4.69, 9.17) is 4.74 Å². The molecule has 4 unspecified atom stereocenters. The zero-order chi connectivity index (χ0) is 15.1. The van der Waals surface area contributed by atoms with E-state index in [1.54, 1.807) is 0 Å². The number of fused-ring (bicyclic) bond motifs is 5. The maximum atomic E-state index is 12.5. The lowest BCUT2D eigenvalue weighted by Crippen LogP contribution is -2.36. The second kappa shape index (κ2) is 6.64. The van der Waals surface area contributed by atoms with Crippen LogP contribution < -0.4 is 0 Å². The van der Waals surface area contributed by atoms with Crippen LogP contribution in [0.1, 0.15) is 6.42 Å². The van der Waals surface area contributed by atoms with Gasteiger partial charge in [-0.25, -0.2) is 0 Å². The van der Waals surface area contributed by atoms with Crippen LogP contribution in [0.15, 0.2) is 12.2 Å². The molecule has 0 radical (unpaired) electrons. The molecule has 5 nitrogen and oxygen atoms in total. The number of rotatable bonds is 2. The van der Waals surface area contributed by atoms with Crippen LogP contribution in [0.25, 0.3) is 0 Å². The van der Waals surface area contributed by atoms with Crippen molar-refractivity contribution in [2.45, 2.75) is 6.42 Å². The third kappa shape index (κ3) is 2.80. The smallest absolute Gasteiger partial charge is 0.234 e. The Morgan fingerprint density at radius 1 is 1.00 bits per heavy atom. The van der Waals surface area contributed by atoms with Gasteiger partial charge in [0.2, 0.25) is 11.8 Å². The van der Waals surface area contributed by atoms with Crippen LogP contribution in [0.5, 0.6) is 0 Å². The number of halogens is 1. The Kier molecular flexibility index (Phi) is 4.77. The van der Waals surface area contributed by atoms with Crippen molar-refractivity contribution in [3.8, 4) is 11.8 Å². The molecule has 1 saturated carbocycles. The molecule has 4 atom stereocenters. The summed E-state index contributed by atoms with van der Waals surface area (Å²) in [5.41, 5.74) is 0. The number of carbonyl (C=O) groups excluding carboxylic acids is 2. The standard InChI is InChI=1S/C17H20N2O3.ClH/c20-16-14-12-3-4-13(11-12)15(14)17(21)19(16)6-2-1-5-18-7-9-22-10-8-18;/h3-4,12-15H,5-11H2;1H. The van der Waals surface area contributed by atoms with E-state index in [2.05, 4.69) is 28.9 Å². The molecule has 0 aromatic rings. The van der Waals surface area contributed by atoms with Crippen molar-refractivity contribution in [3.05, 3.63) is 12.2 Å². The van der Waals surface area contributed by atoms with Crippen molar-refractivity contribution in [3.63, 3.8) is 0 Å². The van der Waals surface area contributed by atoms with Gasteiger partial charge in [0.1, 0.15) is 0 Å². The summed E-state index contributed by atoms with van der Waals surface area (Å²) in [4.78, 5) is 28.5. The second-order valence-electron chi connectivity index (χ2n) is 6.50. The number of hydrogen-bond donors (Lipinski definition) is 0. The first-order chi connectivity index (χ1) is 10.8. The molecule has 0 spiro atoms. The molecule has 23 heavy (non-hydrogen) atoms. The molecule has 0 aromatic heterocycles. The Bertz CT molecular complexity index is 558. The molecular weight excluding hydrogens is 316 g/mol.